The highest BCUT2D eigenvalue weighted by Gasteiger charge is 2.23. The lowest BCUT2D eigenvalue weighted by molar-refractivity contribution is 0.0427. The SMILES string of the molecule is C=CCc1cc(OC)ccc1OCC(O)CN1CC(C)CC(C)C1. The molecule has 1 saturated heterocycles. The van der Waals surface area contributed by atoms with E-state index in [9.17, 15) is 5.11 Å². The predicted octanol–water partition coefficient (Wildman–Crippen LogP) is 3.14. The number of aliphatic hydroxyl groups is 1. The minimum absolute atomic E-state index is 0.301. The number of hydrogen-bond acceptors (Lipinski definition) is 4. The van der Waals surface area contributed by atoms with Crippen LogP contribution in [0, 0.1) is 11.8 Å². The highest BCUT2D eigenvalue weighted by atomic mass is 16.5. The van der Waals surface area contributed by atoms with E-state index < -0.39 is 6.10 Å². The maximum Gasteiger partial charge on any atom is 0.123 e. The zero-order valence-electron chi connectivity index (χ0n) is 15.2. The fourth-order valence-electron chi connectivity index (χ4n) is 3.62. The molecule has 0 amide bonds. The molecule has 4 heteroatoms. The molecular weight excluding hydrogens is 302 g/mol. The van der Waals surface area contributed by atoms with Crippen LogP contribution in [0.2, 0.25) is 0 Å². The van der Waals surface area contributed by atoms with Crippen LogP contribution in [-0.4, -0.2) is 49.5 Å². The van der Waals surface area contributed by atoms with Crippen LogP contribution in [0.15, 0.2) is 30.9 Å². The van der Waals surface area contributed by atoms with Crippen LogP contribution in [0.1, 0.15) is 25.8 Å². The minimum Gasteiger partial charge on any atom is -0.497 e. The predicted molar refractivity (Wildman–Crippen MR) is 97.8 cm³/mol. The van der Waals surface area contributed by atoms with Gasteiger partial charge in [0.15, 0.2) is 0 Å². The van der Waals surface area contributed by atoms with Gasteiger partial charge in [-0.2, -0.15) is 0 Å². The Morgan fingerprint density at radius 1 is 1.33 bits per heavy atom. The van der Waals surface area contributed by atoms with E-state index in [2.05, 4.69) is 25.3 Å². The molecule has 3 unspecified atom stereocenters. The summed E-state index contributed by atoms with van der Waals surface area (Å²) in [5, 5.41) is 10.3. The molecule has 0 saturated carbocycles. The molecule has 0 aliphatic carbocycles. The first-order valence-corrected chi connectivity index (χ1v) is 8.82. The summed E-state index contributed by atoms with van der Waals surface area (Å²) in [5.41, 5.74) is 1.02. The number of piperidine rings is 1. The second kappa shape index (κ2) is 9.09. The Kier molecular flexibility index (Phi) is 7.13. The molecule has 2 rings (SSSR count). The topological polar surface area (TPSA) is 41.9 Å². The van der Waals surface area contributed by atoms with Gasteiger partial charge >= 0.3 is 0 Å². The molecule has 0 bridgehead atoms. The van der Waals surface area contributed by atoms with Crippen molar-refractivity contribution in [2.75, 3.05) is 33.4 Å². The molecule has 0 radical (unpaired) electrons. The first-order valence-electron chi connectivity index (χ1n) is 8.82. The number of benzene rings is 1. The standard InChI is InChI=1S/C20H31NO3/c1-5-6-17-10-19(23-4)7-8-20(17)24-14-18(22)13-21-11-15(2)9-16(3)12-21/h5,7-8,10,15-16,18,22H,1,6,9,11-14H2,2-4H3. The molecule has 1 heterocycles. The molecule has 1 aromatic rings. The van der Waals surface area contributed by atoms with E-state index in [0.29, 0.717) is 31.4 Å². The van der Waals surface area contributed by atoms with E-state index in [1.165, 1.54) is 6.42 Å². The van der Waals surface area contributed by atoms with Crippen molar-refractivity contribution in [1.82, 2.24) is 4.90 Å². The first-order chi connectivity index (χ1) is 11.5. The van der Waals surface area contributed by atoms with Crippen molar-refractivity contribution in [3.8, 4) is 11.5 Å². The van der Waals surface area contributed by atoms with Crippen LogP contribution in [-0.2, 0) is 6.42 Å². The molecule has 1 fully saturated rings. The number of likely N-dealkylation sites (tertiary alicyclic amines) is 1. The minimum atomic E-state index is -0.485. The monoisotopic (exact) mass is 333 g/mol. The maximum absolute atomic E-state index is 10.3. The Morgan fingerprint density at radius 2 is 2.04 bits per heavy atom. The van der Waals surface area contributed by atoms with Gasteiger partial charge in [-0.15, -0.1) is 6.58 Å². The Balaban J connectivity index is 1.89. The van der Waals surface area contributed by atoms with Crippen LogP contribution < -0.4 is 9.47 Å². The Bertz CT molecular complexity index is 522. The molecule has 1 aromatic carbocycles. The lowest BCUT2D eigenvalue weighted by Gasteiger charge is -2.35. The average Bonchev–Trinajstić information content (AvgIpc) is 2.53. The van der Waals surface area contributed by atoms with Gasteiger partial charge in [-0.25, -0.2) is 0 Å². The Morgan fingerprint density at radius 3 is 2.67 bits per heavy atom. The van der Waals surface area contributed by atoms with E-state index in [0.717, 1.165) is 30.2 Å². The third kappa shape index (κ3) is 5.53. The van der Waals surface area contributed by atoms with Gasteiger partial charge in [0.25, 0.3) is 0 Å². The van der Waals surface area contributed by atoms with Crippen molar-refractivity contribution >= 4 is 0 Å². The van der Waals surface area contributed by atoms with Gasteiger partial charge in [0.05, 0.1) is 7.11 Å². The zero-order valence-corrected chi connectivity index (χ0v) is 15.2. The van der Waals surface area contributed by atoms with Gasteiger partial charge in [0, 0.05) is 25.2 Å². The molecule has 24 heavy (non-hydrogen) atoms. The van der Waals surface area contributed by atoms with Crippen LogP contribution in [0.4, 0.5) is 0 Å². The fourth-order valence-corrected chi connectivity index (χ4v) is 3.62. The van der Waals surface area contributed by atoms with Crippen molar-refractivity contribution < 1.29 is 14.6 Å². The number of β-amino-alcohol motifs (C(OH)–C–C–N with tert-alkyl or cyclic N) is 1. The van der Waals surface area contributed by atoms with Gasteiger partial charge in [0.2, 0.25) is 0 Å². The first kappa shape index (κ1) is 18.8. The van der Waals surface area contributed by atoms with Crippen LogP contribution in [0.5, 0.6) is 11.5 Å². The lowest BCUT2D eigenvalue weighted by atomic mass is 9.92. The van der Waals surface area contributed by atoms with Gasteiger partial charge < -0.3 is 19.5 Å². The Labute approximate surface area is 146 Å². The number of rotatable bonds is 8. The van der Waals surface area contributed by atoms with Crippen LogP contribution in [0.25, 0.3) is 0 Å². The lowest BCUT2D eigenvalue weighted by Crippen LogP contribution is -2.44. The molecule has 3 atom stereocenters. The van der Waals surface area contributed by atoms with Crippen molar-refractivity contribution in [2.24, 2.45) is 11.8 Å². The molecule has 1 aliphatic rings. The van der Waals surface area contributed by atoms with E-state index in [4.69, 9.17) is 9.47 Å². The molecule has 4 nitrogen and oxygen atoms in total. The fraction of sp³-hybridized carbons (Fsp3) is 0.600. The summed E-state index contributed by atoms with van der Waals surface area (Å²) >= 11 is 0. The maximum atomic E-state index is 10.3. The van der Waals surface area contributed by atoms with Gasteiger partial charge in [-0.1, -0.05) is 19.9 Å². The van der Waals surface area contributed by atoms with E-state index in [-0.39, 0.29) is 0 Å². The quantitative estimate of drug-likeness (QED) is 0.742. The summed E-state index contributed by atoms with van der Waals surface area (Å²) in [4.78, 5) is 2.35. The molecule has 1 N–H and O–H groups in total. The second-order valence-electron chi connectivity index (χ2n) is 7.10. The van der Waals surface area contributed by atoms with E-state index in [1.807, 2.05) is 24.3 Å². The van der Waals surface area contributed by atoms with Crippen molar-refractivity contribution in [1.29, 1.82) is 0 Å². The highest BCUT2D eigenvalue weighted by molar-refractivity contribution is 5.41. The van der Waals surface area contributed by atoms with Gasteiger partial charge in [0.1, 0.15) is 24.2 Å². The highest BCUT2D eigenvalue weighted by Crippen LogP contribution is 2.25. The van der Waals surface area contributed by atoms with Crippen molar-refractivity contribution in [2.45, 2.75) is 32.8 Å². The third-order valence-electron chi connectivity index (χ3n) is 4.48. The zero-order chi connectivity index (χ0) is 17.5. The van der Waals surface area contributed by atoms with Crippen molar-refractivity contribution in [3.05, 3.63) is 36.4 Å². The number of hydrogen-bond donors (Lipinski definition) is 1. The number of ether oxygens (including phenoxy) is 2. The number of nitrogens with zero attached hydrogens (tertiary/aromatic N) is 1. The number of allylic oxidation sites excluding steroid dienone is 1. The van der Waals surface area contributed by atoms with E-state index >= 15 is 0 Å². The average molecular weight is 333 g/mol. The second-order valence-corrected chi connectivity index (χ2v) is 7.10. The number of methoxy groups -OCH3 is 1. The summed E-state index contributed by atoms with van der Waals surface area (Å²) in [6.45, 7) is 11.4. The molecule has 134 valence electrons. The van der Waals surface area contributed by atoms with Gasteiger partial charge in [-0.05, 0) is 42.9 Å². The molecule has 0 spiro atoms. The molecule has 1 aliphatic heterocycles. The number of aliphatic hydroxyl groups excluding tert-OH is 1. The largest absolute Gasteiger partial charge is 0.497 e. The summed E-state index contributed by atoms with van der Waals surface area (Å²) < 4.78 is 11.1. The summed E-state index contributed by atoms with van der Waals surface area (Å²) in [6, 6.07) is 5.73. The molecule has 0 aromatic heterocycles. The van der Waals surface area contributed by atoms with E-state index in [1.54, 1.807) is 7.11 Å². The van der Waals surface area contributed by atoms with Crippen LogP contribution in [0.3, 0.4) is 0 Å². The van der Waals surface area contributed by atoms with Gasteiger partial charge in [-0.3, -0.25) is 0 Å². The third-order valence-corrected chi connectivity index (χ3v) is 4.48. The smallest absolute Gasteiger partial charge is 0.123 e. The summed E-state index contributed by atoms with van der Waals surface area (Å²) in [7, 11) is 1.65. The van der Waals surface area contributed by atoms with Crippen molar-refractivity contribution in [3.63, 3.8) is 0 Å². The summed E-state index contributed by atoms with van der Waals surface area (Å²) in [6.07, 6.45) is 3.35. The van der Waals surface area contributed by atoms with Crippen LogP contribution >= 0.6 is 0 Å². The Hall–Kier alpha value is -1.52. The molecular formula is C20H31NO3. The summed E-state index contributed by atoms with van der Waals surface area (Å²) in [5.74, 6) is 2.98. The normalized spacial score (nSPS) is 22.8.